The minimum atomic E-state index is -0.811. The summed E-state index contributed by atoms with van der Waals surface area (Å²) in [4.78, 5) is 1.71. The first-order valence-electron chi connectivity index (χ1n) is 7.32. The molecule has 0 aliphatic rings. The van der Waals surface area contributed by atoms with Crippen molar-refractivity contribution in [2.24, 2.45) is 5.73 Å². The molecule has 4 N–H and O–H groups in total. The SMILES string of the molecule is CCCCCCCC#Cc1ccc([C@@H](O)[C@@H](N)CO)s1. The first-order chi connectivity index (χ1) is 9.69. The van der Waals surface area contributed by atoms with Gasteiger partial charge < -0.3 is 15.9 Å². The van der Waals surface area contributed by atoms with E-state index in [1.165, 1.54) is 37.0 Å². The fraction of sp³-hybridized carbons (Fsp3) is 0.625. The molecule has 4 heteroatoms. The smallest absolute Gasteiger partial charge is 0.105 e. The molecule has 20 heavy (non-hydrogen) atoms. The number of aliphatic hydroxyl groups excluding tert-OH is 2. The third-order valence-corrected chi connectivity index (χ3v) is 4.22. The summed E-state index contributed by atoms with van der Waals surface area (Å²) in [7, 11) is 0. The monoisotopic (exact) mass is 295 g/mol. The molecule has 0 saturated carbocycles. The van der Waals surface area contributed by atoms with Gasteiger partial charge in [0.05, 0.1) is 17.5 Å². The lowest BCUT2D eigenvalue weighted by Gasteiger charge is -2.14. The van der Waals surface area contributed by atoms with Crippen LogP contribution in [-0.4, -0.2) is 22.9 Å². The fourth-order valence-electron chi connectivity index (χ4n) is 1.86. The molecule has 2 atom stereocenters. The van der Waals surface area contributed by atoms with Gasteiger partial charge in [0.15, 0.2) is 0 Å². The van der Waals surface area contributed by atoms with Crippen LogP contribution in [0.25, 0.3) is 0 Å². The van der Waals surface area contributed by atoms with Crippen molar-refractivity contribution in [3.63, 3.8) is 0 Å². The fourth-order valence-corrected chi connectivity index (χ4v) is 2.80. The number of aliphatic hydroxyl groups is 2. The van der Waals surface area contributed by atoms with Crippen LogP contribution < -0.4 is 5.73 Å². The Bertz CT molecular complexity index is 433. The van der Waals surface area contributed by atoms with Crippen molar-refractivity contribution >= 4 is 11.3 Å². The highest BCUT2D eigenvalue weighted by Gasteiger charge is 2.17. The van der Waals surface area contributed by atoms with Crippen LogP contribution in [0.15, 0.2) is 12.1 Å². The van der Waals surface area contributed by atoms with Gasteiger partial charge >= 0.3 is 0 Å². The van der Waals surface area contributed by atoms with E-state index in [0.29, 0.717) is 0 Å². The van der Waals surface area contributed by atoms with Crippen molar-refractivity contribution < 1.29 is 10.2 Å². The van der Waals surface area contributed by atoms with Crippen LogP contribution in [0.1, 0.15) is 61.3 Å². The molecule has 112 valence electrons. The maximum Gasteiger partial charge on any atom is 0.105 e. The number of unbranched alkanes of at least 4 members (excludes halogenated alkanes) is 5. The molecule has 0 unspecified atom stereocenters. The Morgan fingerprint density at radius 2 is 2.00 bits per heavy atom. The summed E-state index contributed by atoms with van der Waals surface area (Å²) in [5.74, 6) is 6.29. The molecule has 0 aromatic carbocycles. The van der Waals surface area contributed by atoms with Crippen LogP contribution in [0, 0.1) is 11.8 Å². The van der Waals surface area contributed by atoms with Crippen LogP contribution in [0.4, 0.5) is 0 Å². The molecule has 0 bridgehead atoms. The number of hydrogen-bond acceptors (Lipinski definition) is 4. The average molecular weight is 295 g/mol. The van der Waals surface area contributed by atoms with Gasteiger partial charge in [-0.05, 0) is 18.6 Å². The summed E-state index contributed by atoms with van der Waals surface area (Å²) in [6.07, 6.45) is 6.40. The molecule has 0 aliphatic carbocycles. The van der Waals surface area contributed by atoms with Gasteiger partial charge in [0.25, 0.3) is 0 Å². The molecule has 1 rings (SSSR count). The van der Waals surface area contributed by atoms with Gasteiger partial charge in [-0.3, -0.25) is 0 Å². The van der Waals surface area contributed by atoms with Gasteiger partial charge in [0.2, 0.25) is 0 Å². The third kappa shape index (κ3) is 6.06. The molecule has 0 fully saturated rings. The van der Waals surface area contributed by atoms with Crippen LogP contribution in [0.5, 0.6) is 0 Å². The zero-order valence-corrected chi connectivity index (χ0v) is 13.0. The third-order valence-electron chi connectivity index (χ3n) is 3.15. The van der Waals surface area contributed by atoms with E-state index in [-0.39, 0.29) is 6.61 Å². The Morgan fingerprint density at radius 1 is 1.25 bits per heavy atom. The zero-order valence-electron chi connectivity index (χ0n) is 12.1. The lowest BCUT2D eigenvalue weighted by molar-refractivity contribution is 0.112. The van der Waals surface area contributed by atoms with Gasteiger partial charge in [-0.15, -0.1) is 11.3 Å². The zero-order chi connectivity index (χ0) is 14.8. The number of rotatable bonds is 8. The van der Waals surface area contributed by atoms with E-state index in [0.717, 1.165) is 22.6 Å². The van der Waals surface area contributed by atoms with Crippen molar-refractivity contribution in [3.05, 3.63) is 21.9 Å². The highest BCUT2D eigenvalue weighted by Crippen LogP contribution is 2.24. The molecule has 0 aliphatic heterocycles. The van der Waals surface area contributed by atoms with E-state index in [1.807, 2.05) is 12.1 Å². The summed E-state index contributed by atoms with van der Waals surface area (Å²) in [6, 6.07) is 3.10. The van der Waals surface area contributed by atoms with E-state index >= 15 is 0 Å². The predicted molar refractivity (Wildman–Crippen MR) is 84.6 cm³/mol. The molecule has 1 aromatic heterocycles. The Balaban J connectivity index is 2.37. The Hall–Kier alpha value is -0.860. The van der Waals surface area contributed by atoms with Crippen molar-refractivity contribution in [1.29, 1.82) is 0 Å². The second-order valence-corrected chi connectivity index (χ2v) is 6.07. The first kappa shape index (κ1) is 17.2. The summed E-state index contributed by atoms with van der Waals surface area (Å²) >= 11 is 1.44. The van der Waals surface area contributed by atoms with Gasteiger partial charge in [0.1, 0.15) is 6.10 Å². The molecular weight excluding hydrogens is 270 g/mol. The second kappa shape index (κ2) is 9.95. The van der Waals surface area contributed by atoms with E-state index in [2.05, 4.69) is 18.8 Å². The molecule has 1 heterocycles. The van der Waals surface area contributed by atoms with E-state index in [1.54, 1.807) is 0 Å². The maximum atomic E-state index is 9.87. The normalized spacial score (nSPS) is 13.6. The highest BCUT2D eigenvalue weighted by molar-refractivity contribution is 7.12. The minimum absolute atomic E-state index is 0.224. The van der Waals surface area contributed by atoms with Gasteiger partial charge in [-0.25, -0.2) is 0 Å². The van der Waals surface area contributed by atoms with Crippen LogP contribution in [0.2, 0.25) is 0 Å². The Labute approximate surface area is 125 Å². The molecular formula is C16H25NO2S. The van der Waals surface area contributed by atoms with E-state index < -0.39 is 12.1 Å². The van der Waals surface area contributed by atoms with Crippen LogP contribution in [-0.2, 0) is 0 Å². The van der Waals surface area contributed by atoms with E-state index in [4.69, 9.17) is 10.8 Å². The number of thiophene rings is 1. The standard InChI is InChI=1S/C16H25NO2S/c1-2-3-4-5-6-7-8-9-13-10-11-15(20-13)16(19)14(17)12-18/h10-11,14,16,18-19H,2-7,12,17H2,1H3/t14-,16-/m0/s1. The van der Waals surface area contributed by atoms with E-state index in [9.17, 15) is 5.11 Å². The van der Waals surface area contributed by atoms with Crippen molar-refractivity contribution in [1.82, 2.24) is 0 Å². The number of hydrogen-bond donors (Lipinski definition) is 3. The second-order valence-electron chi connectivity index (χ2n) is 4.96. The highest BCUT2D eigenvalue weighted by atomic mass is 32.1. The minimum Gasteiger partial charge on any atom is -0.395 e. The van der Waals surface area contributed by atoms with Crippen molar-refractivity contribution in [2.45, 2.75) is 57.6 Å². The average Bonchev–Trinajstić information content (AvgIpc) is 2.93. The summed E-state index contributed by atoms with van der Waals surface area (Å²) in [5, 5.41) is 18.8. The maximum absolute atomic E-state index is 9.87. The molecule has 0 saturated heterocycles. The lowest BCUT2D eigenvalue weighted by Crippen LogP contribution is -2.31. The van der Waals surface area contributed by atoms with Gasteiger partial charge in [0, 0.05) is 11.3 Å². The number of nitrogens with two attached hydrogens (primary N) is 1. The van der Waals surface area contributed by atoms with Gasteiger partial charge in [-0.2, -0.15) is 0 Å². The van der Waals surface area contributed by atoms with Crippen molar-refractivity contribution in [2.75, 3.05) is 6.61 Å². The Morgan fingerprint density at radius 3 is 2.70 bits per heavy atom. The predicted octanol–water partition coefficient (Wildman–Crippen LogP) is 2.81. The molecule has 3 nitrogen and oxygen atoms in total. The van der Waals surface area contributed by atoms with Crippen LogP contribution in [0.3, 0.4) is 0 Å². The van der Waals surface area contributed by atoms with Gasteiger partial charge in [-0.1, -0.05) is 44.4 Å². The first-order valence-corrected chi connectivity index (χ1v) is 8.13. The van der Waals surface area contributed by atoms with Crippen LogP contribution >= 0.6 is 11.3 Å². The summed E-state index contributed by atoms with van der Waals surface area (Å²) in [6.45, 7) is 1.99. The lowest BCUT2D eigenvalue weighted by atomic mass is 10.1. The van der Waals surface area contributed by atoms with Crippen molar-refractivity contribution in [3.8, 4) is 11.8 Å². The largest absolute Gasteiger partial charge is 0.395 e. The molecule has 0 spiro atoms. The Kier molecular flexibility index (Phi) is 8.56. The summed E-state index contributed by atoms with van der Waals surface area (Å²) in [5.41, 5.74) is 5.61. The summed E-state index contributed by atoms with van der Waals surface area (Å²) < 4.78 is 0. The molecule has 1 aromatic rings. The quantitative estimate of drug-likeness (QED) is 0.510. The molecule has 0 amide bonds. The molecule has 0 radical (unpaired) electrons. The topological polar surface area (TPSA) is 66.5 Å².